The molecule has 0 aliphatic rings. The van der Waals surface area contributed by atoms with Crippen LogP contribution in [0.4, 0.5) is 0 Å². The zero-order valence-electron chi connectivity index (χ0n) is 27.0. The third-order valence-electron chi connectivity index (χ3n) is 9.76. The van der Waals surface area contributed by atoms with Crippen molar-refractivity contribution in [2.24, 2.45) is 0 Å². The van der Waals surface area contributed by atoms with Crippen molar-refractivity contribution < 1.29 is 0 Å². The first-order valence-corrected chi connectivity index (χ1v) is 19.3. The molecule has 0 radical (unpaired) electrons. The highest BCUT2D eigenvalue weighted by atomic mass is 32.1. The summed E-state index contributed by atoms with van der Waals surface area (Å²) in [5.41, 5.74) is 5.51. The molecule has 0 atom stereocenters. The second-order valence-electron chi connectivity index (χ2n) is 12.7. The summed E-state index contributed by atoms with van der Waals surface area (Å²) < 4.78 is 7.57. The maximum Gasteiger partial charge on any atom is 0.165 e. The van der Waals surface area contributed by atoms with E-state index in [1.807, 2.05) is 52.2 Å². The molecule has 4 heterocycles. The zero-order valence-corrected chi connectivity index (χ0v) is 29.4. The van der Waals surface area contributed by atoms with E-state index in [1.165, 1.54) is 71.6 Å². The number of fused-ring (bicyclic) bond motifs is 9. The highest BCUT2D eigenvalue weighted by Crippen LogP contribution is 2.45. The number of nitrogens with zero attached hydrogens (tertiary/aromatic N) is 3. The van der Waals surface area contributed by atoms with Crippen molar-refractivity contribution in [1.29, 1.82) is 0 Å². The summed E-state index contributed by atoms with van der Waals surface area (Å²) >= 11 is 5.49. The normalized spacial score (nSPS) is 11.9. The van der Waals surface area contributed by atoms with Crippen LogP contribution in [0.15, 0.2) is 152 Å². The first-order valence-electron chi connectivity index (χ1n) is 16.9. The van der Waals surface area contributed by atoms with Gasteiger partial charge in [0.2, 0.25) is 0 Å². The number of aromatic nitrogens is 3. The van der Waals surface area contributed by atoms with Crippen molar-refractivity contribution in [3.8, 4) is 45.3 Å². The average Bonchev–Trinajstić information content (AvgIpc) is 3.89. The molecule has 4 aromatic heterocycles. The average molecular weight is 704 g/mol. The van der Waals surface area contributed by atoms with Gasteiger partial charge >= 0.3 is 0 Å². The van der Waals surface area contributed by atoms with Crippen LogP contribution in [0.25, 0.3) is 106 Å². The van der Waals surface area contributed by atoms with Crippen molar-refractivity contribution in [2.75, 3.05) is 0 Å². The van der Waals surface area contributed by atoms with Gasteiger partial charge in [0.15, 0.2) is 17.5 Å². The van der Waals surface area contributed by atoms with Gasteiger partial charge in [-0.15, -0.1) is 34.0 Å². The van der Waals surface area contributed by atoms with E-state index in [9.17, 15) is 0 Å². The summed E-state index contributed by atoms with van der Waals surface area (Å²) in [4.78, 5) is 15.6. The summed E-state index contributed by atoms with van der Waals surface area (Å²) in [6.07, 6.45) is 0. The third-order valence-corrected chi connectivity index (χ3v) is 13.3. The summed E-state index contributed by atoms with van der Waals surface area (Å²) in [6, 6.07) is 54.2. The van der Waals surface area contributed by atoms with Crippen LogP contribution in [0.1, 0.15) is 0 Å². The van der Waals surface area contributed by atoms with E-state index in [4.69, 9.17) is 15.0 Å². The van der Waals surface area contributed by atoms with Gasteiger partial charge in [-0.1, -0.05) is 115 Å². The molecule has 0 saturated heterocycles. The van der Waals surface area contributed by atoms with Crippen molar-refractivity contribution in [2.45, 2.75) is 0 Å². The Hall–Kier alpha value is -5.79. The van der Waals surface area contributed by atoms with E-state index < -0.39 is 0 Å². The topological polar surface area (TPSA) is 38.7 Å². The fourth-order valence-electron chi connectivity index (χ4n) is 7.41. The molecule has 11 rings (SSSR count). The standard InChI is InChI=1S/C45H25N3S3/c1-2-11-26(12-3-1)43-46-44(33-18-10-22-39-40(33)32-14-5-7-21-37(32)49-39)48-45(47-43)34-19-9-17-31-35-25-27(23-24-38(35)51-42(31)34)28-15-8-16-30-29-13-4-6-20-36(29)50-41(28)30/h1-25H. The molecule has 7 aromatic carbocycles. The fourth-order valence-corrected chi connectivity index (χ4v) is 11.0. The molecule has 0 unspecified atom stereocenters. The van der Waals surface area contributed by atoms with E-state index >= 15 is 0 Å². The van der Waals surface area contributed by atoms with Gasteiger partial charge in [-0.2, -0.15) is 0 Å². The van der Waals surface area contributed by atoms with Gasteiger partial charge < -0.3 is 0 Å². The molecule has 0 amide bonds. The molecule has 3 nitrogen and oxygen atoms in total. The predicted octanol–water partition coefficient (Wildman–Crippen LogP) is 13.6. The molecule has 0 fully saturated rings. The van der Waals surface area contributed by atoms with Gasteiger partial charge in [0.1, 0.15) is 0 Å². The van der Waals surface area contributed by atoms with Crippen molar-refractivity contribution in [1.82, 2.24) is 15.0 Å². The SMILES string of the molecule is c1ccc(-c2nc(-c3cccc4c3sc3ccc(-c5cccc6c5sc5ccccc56)cc34)nc(-c3cccc4sc5ccccc5c34)n2)cc1. The Morgan fingerprint density at radius 3 is 1.69 bits per heavy atom. The molecule has 0 aliphatic heterocycles. The molecule has 0 aliphatic carbocycles. The number of thiophene rings is 3. The Kier molecular flexibility index (Phi) is 6.46. The summed E-state index contributed by atoms with van der Waals surface area (Å²) in [7, 11) is 0. The van der Waals surface area contributed by atoms with E-state index in [1.54, 1.807) is 0 Å². The maximum absolute atomic E-state index is 5.27. The molecule has 11 aromatic rings. The monoisotopic (exact) mass is 703 g/mol. The Bertz CT molecular complexity index is 3150. The number of hydrogen-bond acceptors (Lipinski definition) is 6. The molecule has 0 spiro atoms. The van der Waals surface area contributed by atoms with Crippen molar-refractivity contribution >= 4 is 94.5 Å². The first-order chi connectivity index (χ1) is 25.3. The zero-order chi connectivity index (χ0) is 33.5. The number of hydrogen-bond donors (Lipinski definition) is 0. The van der Waals surface area contributed by atoms with E-state index in [2.05, 4.69) is 133 Å². The molecule has 0 saturated carbocycles. The van der Waals surface area contributed by atoms with E-state index in [0.717, 1.165) is 16.7 Å². The second kappa shape index (κ2) is 11.4. The van der Waals surface area contributed by atoms with Gasteiger partial charge in [0.05, 0.1) is 0 Å². The summed E-state index contributed by atoms with van der Waals surface area (Å²) in [5, 5.41) is 7.52. The van der Waals surface area contributed by atoms with Gasteiger partial charge in [-0.05, 0) is 47.5 Å². The minimum atomic E-state index is 0.670. The Labute approximate surface area is 304 Å². The van der Waals surface area contributed by atoms with Crippen LogP contribution in [0, 0.1) is 0 Å². The smallest absolute Gasteiger partial charge is 0.165 e. The lowest BCUT2D eigenvalue weighted by molar-refractivity contribution is 1.08. The van der Waals surface area contributed by atoms with Gasteiger partial charge in [0, 0.05) is 77.2 Å². The first kappa shape index (κ1) is 29.0. The molecule has 0 N–H and O–H groups in total. The van der Waals surface area contributed by atoms with Crippen molar-refractivity contribution in [3.05, 3.63) is 152 Å². The van der Waals surface area contributed by atoms with Crippen molar-refractivity contribution in [3.63, 3.8) is 0 Å². The van der Waals surface area contributed by atoms with Crippen LogP contribution in [0.3, 0.4) is 0 Å². The minimum absolute atomic E-state index is 0.670. The lowest BCUT2D eigenvalue weighted by Crippen LogP contribution is -2.00. The lowest BCUT2D eigenvalue weighted by atomic mass is 10.00. The molecule has 6 heteroatoms. The highest BCUT2D eigenvalue weighted by molar-refractivity contribution is 7.27. The van der Waals surface area contributed by atoms with Crippen LogP contribution in [0.5, 0.6) is 0 Å². The quantitative estimate of drug-likeness (QED) is 0.183. The summed E-state index contributed by atoms with van der Waals surface area (Å²) in [6.45, 7) is 0. The molecule has 51 heavy (non-hydrogen) atoms. The summed E-state index contributed by atoms with van der Waals surface area (Å²) in [5.74, 6) is 2.04. The van der Waals surface area contributed by atoms with Crippen LogP contribution >= 0.6 is 34.0 Å². The van der Waals surface area contributed by atoms with E-state index in [-0.39, 0.29) is 0 Å². The Morgan fingerprint density at radius 1 is 0.314 bits per heavy atom. The highest BCUT2D eigenvalue weighted by Gasteiger charge is 2.20. The van der Waals surface area contributed by atoms with Crippen LogP contribution in [-0.2, 0) is 0 Å². The second-order valence-corrected chi connectivity index (χ2v) is 15.9. The number of benzene rings is 7. The van der Waals surface area contributed by atoms with Gasteiger partial charge in [-0.3, -0.25) is 0 Å². The van der Waals surface area contributed by atoms with E-state index in [0.29, 0.717) is 17.5 Å². The Morgan fingerprint density at radius 2 is 0.863 bits per heavy atom. The van der Waals surface area contributed by atoms with Crippen LogP contribution < -0.4 is 0 Å². The predicted molar refractivity (Wildman–Crippen MR) is 220 cm³/mol. The van der Waals surface area contributed by atoms with Gasteiger partial charge in [0.25, 0.3) is 0 Å². The largest absolute Gasteiger partial charge is 0.208 e. The third kappa shape index (κ3) is 4.58. The molecule has 0 bridgehead atoms. The molecule has 238 valence electrons. The van der Waals surface area contributed by atoms with Crippen LogP contribution in [0.2, 0.25) is 0 Å². The van der Waals surface area contributed by atoms with Crippen LogP contribution in [-0.4, -0.2) is 15.0 Å². The minimum Gasteiger partial charge on any atom is -0.208 e. The lowest BCUT2D eigenvalue weighted by Gasteiger charge is -2.10. The fraction of sp³-hybridized carbons (Fsp3) is 0. The van der Waals surface area contributed by atoms with Gasteiger partial charge in [-0.25, -0.2) is 15.0 Å². The Balaban J connectivity index is 1.12. The molecular formula is C45H25N3S3. The maximum atomic E-state index is 5.27. The number of rotatable bonds is 4. The molecular weight excluding hydrogens is 679 g/mol.